The van der Waals surface area contributed by atoms with Gasteiger partial charge in [0.2, 0.25) is 5.88 Å². The second-order valence-electron chi connectivity index (χ2n) is 4.10. The Kier molecular flexibility index (Phi) is 5.02. The van der Waals surface area contributed by atoms with Gasteiger partial charge in [-0.2, -0.15) is 8.78 Å². The van der Waals surface area contributed by atoms with Crippen molar-refractivity contribution in [2.75, 3.05) is 6.61 Å². The van der Waals surface area contributed by atoms with Crippen LogP contribution in [0.5, 0.6) is 11.6 Å². The molecule has 0 aliphatic carbocycles. The molecule has 0 fully saturated rings. The zero-order chi connectivity index (χ0) is 16.2. The van der Waals surface area contributed by atoms with Crippen molar-refractivity contribution < 1.29 is 23.0 Å². The third-order valence-corrected chi connectivity index (χ3v) is 3.14. The molecule has 1 heterocycles. The molecule has 116 valence electrons. The highest BCUT2D eigenvalue weighted by atomic mass is 79.9. The first kappa shape index (κ1) is 16.3. The summed E-state index contributed by atoms with van der Waals surface area (Å²) in [5.41, 5.74) is -0.472. The highest BCUT2D eigenvalue weighted by Gasteiger charge is 2.42. The van der Waals surface area contributed by atoms with Crippen LogP contribution in [0, 0.1) is 0 Å². The molecule has 0 saturated carbocycles. The van der Waals surface area contributed by atoms with Crippen LogP contribution in [0.25, 0.3) is 0 Å². The van der Waals surface area contributed by atoms with Crippen LogP contribution in [-0.4, -0.2) is 22.5 Å². The number of aromatic nitrogens is 2. The smallest absolute Gasteiger partial charge is 0.381 e. The molecule has 0 unspecified atom stereocenters. The van der Waals surface area contributed by atoms with Crippen LogP contribution in [-0.2, 0) is 15.5 Å². The summed E-state index contributed by atoms with van der Waals surface area (Å²) in [5, 5.41) is 0. The Bertz CT molecular complexity index is 665. The number of rotatable bonds is 5. The Morgan fingerprint density at radius 2 is 2.00 bits per heavy atom. The summed E-state index contributed by atoms with van der Waals surface area (Å²) in [4.78, 5) is 18.9. The van der Waals surface area contributed by atoms with Crippen molar-refractivity contribution in [1.29, 1.82) is 0 Å². The third kappa shape index (κ3) is 3.56. The van der Waals surface area contributed by atoms with Gasteiger partial charge in [-0.25, -0.2) is 14.8 Å². The van der Waals surface area contributed by atoms with Crippen molar-refractivity contribution in [2.24, 2.45) is 0 Å². The van der Waals surface area contributed by atoms with E-state index in [1.807, 2.05) is 0 Å². The van der Waals surface area contributed by atoms with Gasteiger partial charge < -0.3 is 9.47 Å². The standard InChI is InChI=1S/C14H11BrF2N2O3/c1-2-21-13(20)14(16,17)9-3-5-10(6-4-9)22-12-11(15)7-18-8-19-12/h3-8H,2H2,1H3. The lowest BCUT2D eigenvalue weighted by Crippen LogP contribution is -2.28. The number of carbonyl (C=O) groups is 1. The predicted octanol–water partition coefficient (Wildman–Crippen LogP) is 3.69. The molecule has 1 aromatic heterocycles. The Labute approximate surface area is 133 Å². The van der Waals surface area contributed by atoms with Crippen LogP contribution in [0.2, 0.25) is 0 Å². The van der Waals surface area contributed by atoms with Gasteiger partial charge >= 0.3 is 11.9 Å². The highest BCUT2D eigenvalue weighted by molar-refractivity contribution is 9.10. The molecule has 0 bridgehead atoms. The van der Waals surface area contributed by atoms with Crippen LogP contribution in [0.1, 0.15) is 12.5 Å². The van der Waals surface area contributed by atoms with E-state index in [9.17, 15) is 13.6 Å². The zero-order valence-corrected chi connectivity index (χ0v) is 13.0. The molecular formula is C14H11BrF2N2O3. The number of hydrogen-bond acceptors (Lipinski definition) is 5. The molecule has 2 rings (SSSR count). The maximum atomic E-state index is 13.8. The molecule has 0 atom stereocenters. The maximum Gasteiger partial charge on any atom is 0.381 e. The van der Waals surface area contributed by atoms with E-state index in [2.05, 4.69) is 30.6 Å². The lowest BCUT2D eigenvalue weighted by atomic mass is 10.1. The summed E-state index contributed by atoms with van der Waals surface area (Å²) in [7, 11) is 0. The van der Waals surface area contributed by atoms with Gasteiger partial charge in [0.05, 0.1) is 11.1 Å². The van der Waals surface area contributed by atoms with Gasteiger partial charge in [-0.3, -0.25) is 0 Å². The Morgan fingerprint density at radius 3 is 2.59 bits per heavy atom. The van der Waals surface area contributed by atoms with Crippen LogP contribution >= 0.6 is 15.9 Å². The molecule has 0 N–H and O–H groups in total. The van der Waals surface area contributed by atoms with Crippen LogP contribution in [0.15, 0.2) is 41.3 Å². The average Bonchev–Trinajstić information content (AvgIpc) is 2.50. The second kappa shape index (κ2) is 6.78. The average molecular weight is 373 g/mol. The quantitative estimate of drug-likeness (QED) is 0.749. The fraction of sp³-hybridized carbons (Fsp3) is 0.214. The first-order valence-electron chi connectivity index (χ1n) is 6.24. The van der Waals surface area contributed by atoms with Gasteiger partial charge in [0.15, 0.2) is 0 Å². The van der Waals surface area contributed by atoms with Crippen LogP contribution in [0.3, 0.4) is 0 Å². The molecule has 8 heteroatoms. The number of alkyl halides is 2. The first-order valence-corrected chi connectivity index (χ1v) is 7.03. The summed E-state index contributed by atoms with van der Waals surface area (Å²) < 4.78 is 37.9. The van der Waals surface area contributed by atoms with Gasteiger partial charge in [0, 0.05) is 11.8 Å². The molecule has 22 heavy (non-hydrogen) atoms. The monoisotopic (exact) mass is 372 g/mol. The molecule has 1 aromatic carbocycles. The largest absolute Gasteiger partial charge is 0.461 e. The van der Waals surface area contributed by atoms with E-state index < -0.39 is 17.5 Å². The molecule has 0 amide bonds. The first-order chi connectivity index (χ1) is 10.4. The lowest BCUT2D eigenvalue weighted by Gasteiger charge is -2.15. The Morgan fingerprint density at radius 1 is 1.32 bits per heavy atom. The van der Waals surface area contributed by atoms with Crippen molar-refractivity contribution in [3.05, 3.63) is 46.8 Å². The van der Waals surface area contributed by atoms with Crippen molar-refractivity contribution in [3.8, 4) is 11.6 Å². The van der Waals surface area contributed by atoms with E-state index in [0.717, 1.165) is 12.1 Å². The lowest BCUT2D eigenvalue weighted by molar-refractivity contribution is -0.173. The van der Waals surface area contributed by atoms with Gasteiger partial charge in [0.25, 0.3) is 0 Å². The predicted molar refractivity (Wildman–Crippen MR) is 76.8 cm³/mol. The minimum Gasteiger partial charge on any atom is -0.461 e. The number of carbonyl (C=O) groups excluding carboxylic acids is 1. The summed E-state index contributed by atoms with van der Waals surface area (Å²) in [5.74, 6) is -4.74. The second-order valence-corrected chi connectivity index (χ2v) is 4.95. The van der Waals surface area contributed by atoms with Crippen LogP contribution in [0.4, 0.5) is 8.78 Å². The minimum absolute atomic E-state index is 0.114. The molecule has 0 aliphatic rings. The van der Waals surface area contributed by atoms with E-state index in [-0.39, 0.29) is 12.5 Å². The van der Waals surface area contributed by atoms with E-state index in [1.165, 1.54) is 31.6 Å². The van der Waals surface area contributed by atoms with E-state index in [1.54, 1.807) is 0 Å². The number of ether oxygens (including phenoxy) is 2. The molecule has 0 radical (unpaired) electrons. The Hall–Kier alpha value is -2.09. The van der Waals surface area contributed by atoms with Crippen molar-refractivity contribution >= 4 is 21.9 Å². The summed E-state index contributed by atoms with van der Waals surface area (Å²) >= 11 is 3.21. The van der Waals surface area contributed by atoms with Gasteiger partial charge in [-0.05, 0) is 47.1 Å². The number of hydrogen-bond donors (Lipinski definition) is 0. The zero-order valence-electron chi connectivity index (χ0n) is 11.4. The minimum atomic E-state index is -3.70. The van der Waals surface area contributed by atoms with Gasteiger partial charge in [-0.1, -0.05) is 0 Å². The van der Waals surface area contributed by atoms with E-state index in [4.69, 9.17) is 4.74 Å². The SMILES string of the molecule is CCOC(=O)C(F)(F)c1ccc(Oc2ncncc2Br)cc1. The molecular weight excluding hydrogens is 362 g/mol. The topological polar surface area (TPSA) is 61.3 Å². The van der Waals surface area contributed by atoms with Crippen molar-refractivity contribution in [2.45, 2.75) is 12.8 Å². The molecule has 5 nitrogen and oxygen atoms in total. The van der Waals surface area contributed by atoms with E-state index >= 15 is 0 Å². The number of esters is 1. The summed E-state index contributed by atoms with van der Waals surface area (Å²) in [6.45, 7) is 1.35. The fourth-order valence-electron chi connectivity index (χ4n) is 1.56. The van der Waals surface area contributed by atoms with Crippen molar-refractivity contribution in [3.63, 3.8) is 0 Å². The summed E-state index contributed by atoms with van der Waals surface area (Å²) in [6, 6.07) is 4.83. The van der Waals surface area contributed by atoms with E-state index in [0.29, 0.717) is 10.2 Å². The van der Waals surface area contributed by atoms with Crippen LogP contribution < -0.4 is 4.74 Å². The molecule has 0 saturated heterocycles. The van der Waals surface area contributed by atoms with Crippen molar-refractivity contribution in [1.82, 2.24) is 9.97 Å². The number of nitrogens with zero attached hydrogens (tertiary/aromatic N) is 2. The Balaban J connectivity index is 2.17. The molecule has 0 aliphatic heterocycles. The van der Waals surface area contributed by atoms with Gasteiger partial charge in [0.1, 0.15) is 12.1 Å². The number of benzene rings is 1. The maximum absolute atomic E-state index is 13.8. The third-order valence-electron chi connectivity index (χ3n) is 2.60. The normalized spacial score (nSPS) is 11.1. The van der Waals surface area contributed by atoms with Gasteiger partial charge in [-0.15, -0.1) is 0 Å². The molecule has 0 spiro atoms. The number of halogens is 3. The fourth-order valence-corrected chi connectivity index (χ4v) is 1.86. The highest BCUT2D eigenvalue weighted by Crippen LogP contribution is 2.32. The summed E-state index contributed by atoms with van der Waals surface area (Å²) in [6.07, 6.45) is 2.79. The molecule has 2 aromatic rings.